The molecule has 0 unspecified atom stereocenters. The number of alkyl halides is 1. The van der Waals surface area contributed by atoms with Gasteiger partial charge in [-0.2, -0.15) is 0 Å². The highest BCUT2D eigenvalue weighted by Gasteiger charge is 2.01. The molecule has 0 atom stereocenters. The van der Waals surface area contributed by atoms with Gasteiger partial charge in [0.05, 0.1) is 5.88 Å². The molecule has 9 heavy (non-hydrogen) atoms. The summed E-state index contributed by atoms with van der Waals surface area (Å²) in [6.45, 7) is 2.04. The fourth-order valence-corrected chi connectivity index (χ4v) is 0.898. The van der Waals surface area contributed by atoms with Gasteiger partial charge in [-0.1, -0.05) is 12.1 Å². The second kappa shape index (κ2) is 2.87. The summed E-state index contributed by atoms with van der Waals surface area (Å²) in [5.74, 6) is 0.444. The average molecular weight is 146 g/mol. The predicted molar refractivity (Wildman–Crippen MR) is 35.4 cm³/mol. The SMILES string of the molecule is CCc1conc1CCl. The second-order valence-corrected chi connectivity index (χ2v) is 2.04. The van der Waals surface area contributed by atoms with Gasteiger partial charge in [-0.05, 0) is 6.42 Å². The fourth-order valence-electron chi connectivity index (χ4n) is 0.678. The van der Waals surface area contributed by atoms with Gasteiger partial charge in [0.25, 0.3) is 0 Å². The monoisotopic (exact) mass is 145 g/mol. The molecule has 0 amide bonds. The summed E-state index contributed by atoms with van der Waals surface area (Å²) >= 11 is 5.53. The third-order valence-corrected chi connectivity index (χ3v) is 1.49. The van der Waals surface area contributed by atoms with Crippen molar-refractivity contribution in [2.24, 2.45) is 0 Å². The molecule has 0 aromatic carbocycles. The van der Waals surface area contributed by atoms with Crippen LogP contribution in [0.1, 0.15) is 18.2 Å². The summed E-state index contributed by atoms with van der Waals surface area (Å²) in [7, 11) is 0. The van der Waals surface area contributed by atoms with Gasteiger partial charge < -0.3 is 4.52 Å². The summed E-state index contributed by atoms with van der Waals surface area (Å²) < 4.78 is 4.69. The van der Waals surface area contributed by atoms with Crippen LogP contribution in [0.25, 0.3) is 0 Å². The van der Waals surface area contributed by atoms with Crippen LogP contribution in [-0.4, -0.2) is 5.16 Å². The molecule has 0 bridgehead atoms. The maximum atomic E-state index is 5.53. The highest BCUT2D eigenvalue weighted by molar-refractivity contribution is 6.16. The van der Waals surface area contributed by atoms with E-state index >= 15 is 0 Å². The van der Waals surface area contributed by atoms with Crippen molar-refractivity contribution >= 4 is 11.6 Å². The van der Waals surface area contributed by atoms with Gasteiger partial charge in [-0.25, -0.2) is 0 Å². The third-order valence-electron chi connectivity index (χ3n) is 1.24. The van der Waals surface area contributed by atoms with Crippen molar-refractivity contribution < 1.29 is 4.52 Å². The first-order valence-corrected chi connectivity index (χ1v) is 3.40. The van der Waals surface area contributed by atoms with Crippen LogP contribution >= 0.6 is 11.6 Å². The van der Waals surface area contributed by atoms with Gasteiger partial charge in [-0.15, -0.1) is 11.6 Å². The molecule has 0 fully saturated rings. The topological polar surface area (TPSA) is 26.0 Å². The molecule has 1 heterocycles. The van der Waals surface area contributed by atoms with E-state index in [1.165, 1.54) is 0 Å². The Bertz CT molecular complexity index is 166. The zero-order chi connectivity index (χ0) is 6.69. The zero-order valence-electron chi connectivity index (χ0n) is 5.22. The lowest BCUT2D eigenvalue weighted by molar-refractivity contribution is 0.413. The zero-order valence-corrected chi connectivity index (χ0v) is 5.98. The molecule has 1 aromatic rings. The summed E-state index contributed by atoms with van der Waals surface area (Å²) in [5, 5.41) is 3.70. The number of hydrogen-bond acceptors (Lipinski definition) is 2. The van der Waals surface area contributed by atoms with Crippen molar-refractivity contribution in [3.63, 3.8) is 0 Å². The Hall–Kier alpha value is -0.500. The number of aromatic nitrogens is 1. The number of rotatable bonds is 2. The highest BCUT2D eigenvalue weighted by atomic mass is 35.5. The van der Waals surface area contributed by atoms with E-state index < -0.39 is 0 Å². The lowest BCUT2D eigenvalue weighted by atomic mass is 10.2. The van der Waals surface area contributed by atoms with E-state index in [-0.39, 0.29) is 0 Å². The Kier molecular flexibility index (Phi) is 2.11. The molecule has 2 nitrogen and oxygen atoms in total. The van der Waals surface area contributed by atoms with E-state index in [0.717, 1.165) is 17.7 Å². The van der Waals surface area contributed by atoms with Crippen molar-refractivity contribution in [2.45, 2.75) is 19.2 Å². The lowest BCUT2D eigenvalue weighted by Gasteiger charge is -1.87. The maximum Gasteiger partial charge on any atom is 0.127 e. The molecule has 0 saturated carbocycles. The summed E-state index contributed by atoms with van der Waals surface area (Å²) in [6, 6.07) is 0. The van der Waals surface area contributed by atoms with Crippen LogP contribution in [0.4, 0.5) is 0 Å². The second-order valence-electron chi connectivity index (χ2n) is 1.77. The van der Waals surface area contributed by atoms with E-state index in [4.69, 9.17) is 16.1 Å². The van der Waals surface area contributed by atoms with Crippen molar-refractivity contribution in [3.05, 3.63) is 17.5 Å². The van der Waals surface area contributed by atoms with Crippen molar-refractivity contribution in [3.8, 4) is 0 Å². The molecule has 1 aromatic heterocycles. The summed E-state index contributed by atoms with van der Waals surface area (Å²) in [6.07, 6.45) is 2.57. The van der Waals surface area contributed by atoms with E-state index in [0.29, 0.717) is 5.88 Å². The Labute approximate surface area is 58.8 Å². The quantitative estimate of drug-likeness (QED) is 0.595. The molecular weight excluding hydrogens is 138 g/mol. The molecule has 0 spiro atoms. The van der Waals surface area contributed by atoms with Gasteiger partial charge in [-0.3, -0.25) is 0 Å². The molecule has 0 radical (unpaired) electrons. The Morgan fingerprint density at radius 2 is 2.56 bits per heavy atom. The number of nitrogens with zero attached hydrogens (tertiary/aromatic N) is 1. The van der Waals surface area contributed by atoms with Crippen LogP contribution in [0.15, 0.2) is 10.8 Å². The normalized spacial score (nSPS) is 10.0. The number of halogens is 1. The van der Waals surface area contributed by atoms with Crippen LogP contribution in [0.5, 0.6) is 0 Å². The van der Waals surface area contributed by atoms with Crippen LogP contribution < -0.4 is 0 Å². The molecule has 0 aliphatic carbocycles. The predicted octanol–water partition coefficient (Wildman–Crippen LogP) is 1.98. The minimum absolute atomic E-state index is 0.444. The third kappa shape index (κ3) is 1.24. The Morgan fingerprint density at radius 3 is 3.00 bits per heavy atom. The Balaban J connectivity index is 2.85. The molecule has 0 aliphatic heterocycles. The van der Waals surface area contributed by atoms with E-state index in [2.05, 4.69) is 5.16 Å². The molecule has 0 N–H and O–H groups in total. The smallest absolute Gasteiger partial charge is 0.127 e. The molecule has 50 valence electrons. The first-order valence-electron chi connectivity index (χ1n) is 2.86. The lowest BCUT2D eigenvalue weighted by Crippen LogP contribution is -1.83. The minimum atomic E-state index is 0.444. The van der Waals surface area contributed by atoms with Crippen LogP contribution in [0.2, 0.25) is 0 Å². The van der Waals surface area contributed by atoms with Crippen LogP contribution in [-0.2, 0) is 12.3 Å². The van der Waals surface area contributed by atoms with Crippen molar-refractivity contribution in [2.75, 3.05) is 0 Å². The first kappa shape index (κ1) is 6.62. The average Bonchev–Trinajstić information content (AvgIpc) is 2.33. The van der Waals surface area contributed by atoms with Crippen LogP contribution in [0, 0.1) is 0 Å². The minimum Gasteiger partial charge on any atom is -0.364 e. The van der Waals surface area contributed by atoms with E-state index in [1.54, 1.807) is 6.26 Å². The van der Waals surface area contributed by atoms with Gasteiger partial charge in [0.1, 0.15) is 12.0 Å². The number of hydrogen-bond donors (Lipinski definition) is 0. The van der Waals surface area contributed by atoms with Crippen molar-refractivity contribution in [1.82, 2.24) is 5.16 Å². The van der Waals surface area contributed by atoms with Gasteiger partial charge in [0.2, 0.25) is 0 Å². The molecule has 0 saturated heterocycles. The summed E-state index contributed by atoms with van der Waals surface area (Å²) in [4.78, 5) is 0. The van der Waals surface area contributed by atoms with E-state index in [9.17, 15) is 0 Å². The van der Waals surface area contributed by atoms with Gasteiger partial charge in [0, 0.05) is 5.56 Å². The molecule has 1 rings (SSSR count). The first-order chi connectivity index (χ1) is 4.38. The van der Waals surface area contributed by atoms with Gasteiger partial charge in [0.15, 0.2) is 0 Å². The standard InChI is InChI=1S/C6H8ClNO/c1-2-5-4-9-8-6(5)3-7/h4H,2-3H2,1H3. The fraction of sp³-hybridized carbons (Fsp3) is 0.500. The largest absolute Gasteiger partial charge is 0.364 e. The molecule has 0 aliphatic rings. The molecule has 3 heteroatoms. The molecular formula is C6H8ClNO. The number of aryl methyl sites for hydroxylation is 1. The van der Waals surface area contributed by atoms with E-state index in [1.807, 2.05) is 6.92 Å². The Morgan fingerprint density at radius 1 is 1.78 bits per heavy atom. The van der Waals surface area contributed by atoms with Gasteiger partial charge >= 0.3 is 0 Å². The maximum absolute atomic E-state index is 5.53. The highest BCUT2D eigenvalue weighted by Crippen LogP contribution is 2.08. The van der Waals surface area contributed by atoms with Crippen LogP contribution in [0.3, 0.4) is 0 Å². The summed E-state index contributed by atoms with van der Waals surface area (Å²) in [5.41, 5.74) is 1.96. The van der Waals surface area contributed by atoms with Crippen molar-refractivity contribution in [1.29, 1.82) is 0 Å².